The van der Waals surface area contributed by atoms with E-state index in [2.05, 4.69) is 19.2 Å². The highest BCUT2D eigenvalue weighted by molar-refractivity contribution is 5.76. The number of unbranched alkanes of at least 4 members (excludes halogenated alkanes) is 59. The van der Waals surface area contributed by atoms with E-state index in [9.17, 15) is 15.0 Å². The van der Waals surface area contributed by atoms with Gasteiger partial charge in [0.2, 0.25) is 5.91 Å². The Balaban J connectivity index is 3.35. The van der Waals surface area contributed by atoms with Gasteiger partial charge in [-0.2, -0.15) is 0 Å². The van der Waals surface area contributed by atoms with E-state index in [0.717, 1.165) is 25.7 Å². The Bertz CT molecular complexity index is 987. The molecule has 0 fully saturated rings. The third-order valence-corrected chi connectivity index (χ3v) is 16.9. The van der Waals surface area contributed by atoms with Gasteiger partial charge < -0.3 is 15.5 Å². The second kappa shape index (κ2) is 65.7. The minimum Gasteiger partial charge on any atom is -0.394 e. The van der Waals surface area contributed by atoms with Crippen LogP contribution in [0.3, 0.4) is 0 Å². The fourth-order valence-corrected chi connectivity index (χ4v) is 11.6. The molecule has 0 aromatic carbocycles. The molecular formula is C69H139NO3. The first-order chi connectivity index (χ1) is 36.2. The molecule has 1 amide bonds. The molecule has 0 saturated carbocycles. The molecule has 438 valence electrons. The standard InChI is InChI=1S/C69H139NO3/c1-3-5-7-9-11-13-15-17-19-21-23-25-27-29-31-33-35-37-39-41-43-45-47-49-51-53-55-57-59-61-63-65-69(73)70-67(66-71)68(72)64-62-60-58-56-54-52-50-48-46-44-42-40-38-36-34-32-30-28-26-24-22-20-18-16-14-12-10-8-6-4-2/h67-68,71-72H,3-66H2,1-2H3,(H,70,73). The van der Waals surface area contributed by atoms with Crippen molar-refractivity contribution < 1.29 is 15.0 Å². The third-order valence-electron chi connectivity index (χ3n) is 16.9. The van der Waals surface area contributed by atoms with E-state index in [1.165, 1.54) is 366 Å². The summed E-state index contributed by atoms with van der Waals surface area (Å²) in [6.45, 7) is 4.42. The quantitative estimate of drug-likeness (QED) is 0.0532. The molecule has 0 aromatic rings. The van der Waals surface area contributed by atoms with Gasteiger partial charge >= 0.3 is 0 Å². The van der Waals surface area contributed by atoms with Crippen molar-refractivity contribution in [3.63, 3.8) is 0 Å². The van der Waals surface area contributed by atoms with E-state index in [1.54, 1.807) is 0 Å². The Kier molecular flexibility index (Phi) is 65.1. The average Bonchev–Trinajstić information content (AvgIpc) is 3.40. The number of carbonyl (C=O) groups is 1. The lowest BCUT2D eigenvalue weighted by molar-refractivity contribution is -0.123. The monoisotopic (exact) mass is 1030 g/mol. The van der Waals surface area contributed by atoms with Crippen LogP contribution in [0, 0.1) is 0 Å². The van der Waals surface area contributed by atoms with Crippen LogP contribution in [0.1, 0.15) is 418 Å². The van der Waals surface area contributed by atoms with Gasteiger partial charge in [-0.15, -0.1) is 0 Å². The summed E-state index contributed by atoms with van der Waals surface area (Å²) in [5.41, 5.74) is 0. The minimum absolute atomic E-state index is 0.0192. The first-order valence-electron chi connectivity index (χ1n) is 34.7. The van der Waals surface area contributed by atoms with Gasteiger partial charge in [-0.1, -0.05) is 399 Å². The van der Waals surface area contributed by atoms with Crippen molar-refractivity contribution in [3.05, 3.63) is 0 Å². The molecule has 0 heterocycles. The van der Waals surface area contributed by atoms with Crippen LogP contribution < -0.4 is 5.32 Å². The highest BCUT2D eigenvalue weighted by Gasteiger charge is 2.20. The number of rotatable bonds is 66. The molecular weight excluding hydrogens is 891 g/mol. The summed E-state index contributed by atoms with van der Waals surface area (Å²) in [6.07, 6.45) is 85.9. The van der Waals surface area contributed by atoms with Crippen LogP contribution in [0.15, 0.2) is 0 Å². The maximum atomic E-state index is 12.6. The van der Waals surface area contributed by atoms with Gasteiger partial charge in [0.15, 0.2) is 0 Å². The van der Waals surface area contributed by atoms with Gasteiger partial charge in [-0.25, -0.2) is 0 Å². The molecule has 0 aromatic heterocycles. The Morgan fingerprint density at radius 3 is 0.616 bits per heavy atom. The van der Waals surface area contributed by atoms with E-state index >= 15 is 0 Å². The summed E-state index contributed by atoms with van der Waals surface area (Å²) in [5.74, 6) is -0.0192. The Labute approximate surface area is 461 Å². The molecule has 0 radical (unpaired) electrons. The fourth-order valence-electron chi connectivity index (χ4n) is 11.6. The predicted molar refractivity (Wildman–Crippen MR) is 327 cm³/mol. The lowest BCUT2D eigenvalue weighted by atomic mass is 10.0. The number of carbonyl (C=O) groups excluding carboxylic acids is 1. The lowest BCUT2D eigenvalue weighted by Crippen LogP contribution is -2.45. The van der Waals surface area contributed by atoms with Crippen molar-refractivity contribution in [3.8, 4) is 0 Å². The zero-order valence-electron chi connectivity index (χ0n) is 50.7. The fraction of sp³-hybridized carbons (Fsp3) is 0.986. The van der Waals surface area contributed by atoms with Crippen molar-refractivity contribution in [1.29, 1.82) is 0 Å². The molecule has 73 heavy (non-hydrogen) atoms. The van der Waals surface area contributed by atoms with Crippen LogP contribution in [0.2, 0.25) is 0 Å². The molecule has 4 heteroatoms. The van der Waals surface area contributed by atoms with Crippen molar-refractivity contribution in [2.45, 2.75) is 431 Å². The number of nitrogens with one attached hydrogen (secondary N) is 1. The average molecular weight is 1030 g/mol. The summed E-state index contributed by atoms with van der Waals surface area (Å²) >= 11 is 0. The van der Waals surface area contributed by atoms with Gasteiger partial charge in [0.05, 0.1) is 18.8 Å². The normalized spacial score (nSPS) is 12.5. The molecule has 0 aliphatic heterocycles. The van der Waals surface area contributed by atoms with Crippen molar-refractivity contribution >= 4 is 5.91 Å². The Morgan fingerprint density at radius 2 is 0.438 bits per heavy atom. The molecule has 3 N–H and O–H groups in total. The molecule has 2 atom stereocenters. The van der Waals surface area contributed by atoms with Gasteiger partial charge in [0.25, 0.3) is 0 Å². The summed E-state index contributed by atoms with van der Waals surface area (Å²) in [7, 11) is 0. The SMILES string of the molecule is CCCCCCCCCCCCCCCCCCCCCCCCCCCCCCCCCC(=O)NC(CO)C(O)CCCCCCCCCCCCCCCCCCCCCCCCCCCCCCCC. The molecule has 0 rings (SSSR count). The highest BCUT2D eigenvalue weighted by Crippen LogP contribution is 2.20. The molecule has 0 aliphatic carbocycles. The second-order valence-corrected chi connectivity index (χ2v) is 24.3. The highest BCUT2D eigenvalue weighted by atomic mass is 16.3. The maximum absolute atomic E-state index is 12.6. The number of aliphatic hydroxyl groups excluding tert-OH is 2. The zero-order valence-corrected chi connectivity index (χ0v) is 50.7. The van der Waals surface area contributed by atoms with Gasteiger partial charge in [0.1, 0.15) is 0 Å². The van der Waals surface area contributed by atoms with Crippen LogP contribution in [0.25, 0.3) is 0 Å². The summed E-state index contributed by atoms with van der Waals surface area (Å²) in [6, 6.07) is -0.533. The minimum atomic E-state index is -0.656. The van der Waals surface area contributed by atoms with Crippen molar-refractivity contribution in [2.75, 3.05) is 6.61 Å². The molecule has 2 unspecified atom stereocenters. The molecule has 0 bridgehead atoms. The van der Waals surface area contributed by atoms with Gasteiger partial charge in [0, 0.05) is 6.42 Å². The topological polar surface area (TPSA) is 69.6 Å². The van der Waals surface area contributed by atoms with Crippen LogP contribution in [-0.4, -0.2) is 34.9 Å². The van der Waals surface area contributed by atoms with Gasteiger partial charge in [-0.05, 0) is 12.8 Å². The zero-order chi connectivity index (χ0) is 52.7. The van der Waals surface area contributed by atoms with E-state index in [-0.39, 0.29) is 12.5 Å². The lowest BCUT2D eigenvalue weighted by Gasteiger charge is -2.22. The largest absolute Gasteiger partial charge is 0.394 e. The number of hydrogen-bond acceptors (Lipinski definition) is 3. The third kappa shape index (κ3) is 62.1. The number of hydrogen-bond donors (Lipinski definition) is 3. The van der Waals surface area contributed by atoms with Crippen molar-refractivity contribution in [1.82, 2.24) is 5.32 Å². The van der Waals surface area contributed by atoms with Crippen LogP contribution in [0.5, 0.6) is 0 Å². The van der Waals surface area contributed by atoms with E-state index in [0.29, 0.717) is 12.8 Å². The first-order valence-corrected chi connectivity index (χ1v) is 34.7. The molecule has 0 spiro atoms. The molecule has 0 saturated heterocycles. The Hall–Kier alpha value is -0.610. The summed E-state index contributed by atoms with van der Waals surface area (Å²) in [4.78, 5) is 12.6. The first kappa shape index (κ1) is 72.4. The van der Waals surface area contributed by atoms with E-state index in [4.69, 9.17) is 0 Å². The number of aliphatic hydroxyl groups is 2. The van der Waals surface area contributed by atoms with Crippen LogP contribution >= 0.6 is 0 Å². The maximum Gasteiger partial charge on any atom is 0.220 e. The summed E-state index contributed by atoms with van der Waals surface area (Å²) < 4.78 is 0. The van der Waals surface area contributed by atoms with E-state index in [1.807, 2.05) is 0 Å². The Morgan fingerprint density at radius 1 is 0.274 bits per heavy atom. The number of amides is 1. The van der Waals surface area contributed by atoms with Crippen LogP contribution in [-0.2, 0) is 4.79 Å². The van der Waals surface area contributed by atoms with E-state index < -0.39 is 12.1 Å². The van der Waals surface area contributed by atoms with Gasteiger partial charge in [-0.3, -0.25) is 4.79 Å². The van der Waals surface area contributed by atoms with Crippen LogP contribution in [0.4, 0.5) is 0 Å². The molecule has 0 aliphatic rings. The molecule has 4 nitrogen and oxygen atoms in total. The van der Waals surface area contributed by atoms with Crippen molar-refractivity contribution in [2.24, 2.45) is 0 Å². The predicted octanol–water partition coefficient (Wildman–Crippen LogP) is 23.4. The second-order valence-electron chi connectivity index (χ2n) is 24.3. The smallest absolute Gasteiger partial charge is 0.220 e. The summed E-state index contributed by atoms with van der Waals surface area (Å²) in [5, 5.41) is 23.5.